The van der Waals surface area contributed by atoms with Gasteiger partial charge in [0, 0.05) is 18.0 Å². The molecule has 4 heteroatoms. The lowest BCUT2D eigenvalue weighted by atomic mass is 9.76. The number of methoxy groups -OCH3 is 1. The van der Waals surface area contributed by atoms with Crippen LogP contribution in [0.1, 0.15) is 27.8 Å². The Balaban J connectivity index is 1.76. The van der Waals surface area contributed by atoms with Crippen LogP contribution in [0.25, 0.3) is 11.1 Å². The molecule has 3 nitrogen and oxygen atoms in total. The summed E-state index contributed by atoms with van der Waals surface area (Å²) in [5, 5.41) is 0. The zero-order valence-corrected chi connectivity index (χ0v) is 17.3. The highest BCUT2D eigenvalue weighted by Crippen LogP contribution is 2.46. The quantitative estimate of drug-likeness (QED) is 0.392. The number of pyridine rings is 1. The number of hydrogen-bond donors (Lipinski definition) is 0. The predicted molar refractivity (Wildman–Crippen MR) is 121 cm³/mol. The van der Waals surface area contributed by atoms with Gasteiger partial charge in [0.15, 0.2) is 0 Å². The molecule has 1 atom stereocenters. The van der Waals surface area contributed by atoms with E-state index >= 15 is 0 Å². The number of halogens is 1. The Morgan fingerprint density at radius 3 is 2.52 bits per heavy atom. The number of aryl methyl sites for hydroxylation is 1. The van der Waals surface area contributed by atoms with Gasteiger partial charge < -0.3 is 4.74 Å². The van der Waals surface area contributed by atoms with E-state index in [1.54, 1.807) is 19.2 Å². The Labute approximate surface area is 180 Å². The molecule has 4 aromatic rings. The molecular weight excluding hydrogens is 387 g/mol. The lowest BCUT2D eigenvalue weighted by Gasteiger charge is -2.30. The van der Waals surface area contributed by atoms with Crippen LogP contribution in [0, 0.1) is 12.9 Å². The lowest BCUT2D eigenvalue weighted by Crippen LogP contribution is -2.25. The third-order valence-electron chi connectivity index (χ3n) is 5.91. The van der Waals surface area contributed by atoms with Crippen LogP contribution < -0.4 is 4.74 Å². The van der Waals surface area contributed by atoms with E-state index in [-0.39, 0.29) is 0 Å². The van der Waals surface area contributed by atoms with Crippen LogP contribution in [-0.2, 0) is 5.54 Å². The summed E-state index contributed by atoms with van der Waals surface area (Å²) in [6.45, 7) is 2.03. The molecule has 152 valence electrons. The van der Waals surface area contributed by atoms with Gasteiger partial charge in [-0.05, 0) is 70.6 Å². The van der Waals surface area contributed by atoms with Gasteiger partial charge in [0.25, 0.3) is 0 Å². The number of rotatable bonds is 4. The highest BCUT2D eigenvalue weighted by Gasteiger charge is 2.40. The zero-order chi connectivity index (χ0) is 21.4. The van der Waals surface area contributed by atoms with Gasteiger partial charge in [-0.15, -0.1) is 0 Å². The highest BCUT2D eigenvalue weighted by molar-refractivity contribution is 5.89. The molecule has 1 aromatic heterocycles. The SMILES string of the molecule is COc1ccc(C2(c3cccc(-c4cccnc4F)c3)N=Cc3ccccc32)cc1C. The van der Waals surface area contributed by atoms with Crippen LogP contribution >= 0.6 is 0 Å². The average molecular weight is 408 g/mol. The number of nitrogens with zero attached hydrogens (tertiary/aromatic N) is 2. The first-order valence-corrected chi connectivity index (χ1v) is 10.1. The fourth-order valence-corrected chi connectivity index (χ4v) is 4.42. The van der Waals surface area contributed by atoms with E-state index in [9.17, 15) is 4.39 Å². The minimum atomic E-state index is -0.720. The van der Waals surface area contributed by atoms with Crippen molar-refractivity contribution in [1.82, 2.24) is 4.98 Å². The minimum Gasteiger partial charge on any atom is -0.496 e. The number of ether oxygens (including phenoxy) is 1. The topological polar surface area (TPSA) is 34.5 Å². The second kappa shape index (κ2) is 7.47. The Hall–Kier alpha value is -3.79. The third kappa shape index (κ3) is 3.03. The fraction of sp³-hybridized carbons (Fsp3) is 0.111. The molecule has 1 aliphatic heterocycles. The van der Waals surface area contributed by atoms with Crippen molar-refractivity contribution in [3.63, 3.8) is 0 Å². The summed E-state index contributed by atoms with van der Waals surface area (Å²) in [5.41, 5.74) is 5.75. The first-order valence-electron chi connectivity index (χ1n) is 10.1. The molecule has 0 N–H and O–H groups in total. The summed E-state index contributed by atoms with van der Waals surface area (Å²) in [6, 6.07) is 25.8. The molecule has 0 amide bonds. The van der Waals surface area contributed by atoms with Crippen LogP contribution in [0.15, 0.2) is 90.1 Å². The zero-order valence-electron chi connectivity index (χ0n) is 17.3. The molecule has 0 saturated carbocycles. The predicted octanol–water partition coefficient (Wildman–Crippen LogP) is 5.93. The summed E-state index contributed by atoms with van der Waals surface area (Å²) in [7, 11) is 1.67. The third-order valence-corrected chi connectivity index (χ3v) is 5.91. The van der Waals surface area contributed by atoms with Crippen LogP contribution in [0.3, 0.4) is 0 Å². The highest BCUT2D eigenvalue weighted by atomic mass is 19.1. The van der Waals surface area contributed by atoms with Gasteiger partial charge in [0.1, 0.15) is 11.3 Å². The molecule has 0 spiro atoms. The first kappa shape index (κ1) is 19.2. The van der Waals surface area contributed by atoms with E-state index < -0.39 is 11.5 Å². The number of benzene rings is 3. The van der Waals surface area contributed by atoms with Gasteiger partial charge in [0.2, 0.25) is 5.95 Å². The molecular formula is C27H21FN2O. The van der Waals surface area contributed by atoms with Crippen molar-refractivity contribution >= 4 is 6.21 Å². The van der Waals surface area contributed by atoms with Gasteiger partial charge in [-0.25, -0.2) is 4.98 Å². The second-order valence-electron chi connectivity index (χ2n) is 7.66. The number of fused-ring (bicyclic) bond motifs is 1. The molecule has 5 rings (SSSR count). The van der Waals surface area contributed by atoms with Gasteiger partial charge in [0.05, 0.1) is 7.11 Å². The maximum Gasteiger partial charge on any atom is 0.220 e. The molecule has 3 aromatic carbocycles. The van der Waals surface area contributed by atoms with Crippen LogP contribution in [0.5, 0.6) is 5.75 Å². The summed E-state index contributed by atoms with van der Waals surface area (Å²) >= 11 is 0. The smallest absolute Gasteiger partial charge is 0.220 e. The van der Waals surface area contributed by atoms with Crippen molar-refractivity contribution in [3.8, 4) is 16.9 Å². The van der Waals surface area contributed by atoms with Gasteiger partial charge in [-0.3, -0.25) is 4.99 Å². The summed E-state index contributed by atoms with van der Waals surface area (Å²) < 4.78 is 19.9. The first-order chi connectivity index (χ1) is 15.1. The van der Waals surface area contributed by atoms with Crippen molar-refractivity contribution in [2.75, 3.05) is 7.11 Å². The van der Waals surface area contributed by atoms with Crippen molar-refractivity contribution in [2.45, 2.75) is 12.5 Å². The Morgan fingerprint density at radius 2 is 1.71 bits per heavy atom. The Morgan fingerprint density at radius 1 is 0.871 bits per heavy atom. The fourth-order valence-electron chi connectivity index (χ4n) is 4.42. The van der Waals surface area contributed by atoms with Crippen LogP contribution in [0.2, 0.25) is 0 Å². The van der Waals surface area contributed by atoms with Crippen molar-refractivity contribution in [2.24, 2.45) is 4.99 Å². The molecule has 2 heterocycles. The van der Waals surface area contributed by atoms with E-state index in [1.807, 2.05) is 49.5 Å². The molecule has 1 aliphatic rings. The molecule has 0 fully saturated rings. The standard InChI is InChI=1S/C27H21FN2O/c1-18-15-22(12-13-25(18)31-2)27(24-11-4-3-7-20(24)17-30-27)21-9-5-8-19(16-21)23-10-6-14-29-26(23)28/h3-17H,1-2H3. The monoisotopic (exact) mass is 408 g/mol. The van der Waals surface area contributed by atoms with E-state index in [2.05, 4.69) is 35.3 Å². The summed E-state index contributed by atoms with van der Waals surface area (Å²) in [6.07, 6.45) is 3.38. The number of aromatic nitrogens is 1. The summed E-state index contributed by atoms with van der Waals surface area (Å²) in [5.74, 6) is 0.352. The van der Waals surface area contributed by atoms with Crippen molar-refractivity contribution in [3.05, 3.63) is 119 Å². The molecule has 0 saturated heterocycles. The maximum absolute atomic E-state index is 14.4. The normalized spacial score (nSPS) is 16.9. The van der Waals surface area contributed by atoms with Gasteiger partial charge in [-0.2, -0.15) is 4.39 Å². The largest absolute Gasteiger partial charge is 0.496 e. The molecule has 1 unspecified atom stereocenters. The minimum absolute atomic E-state index is 0.473. The number of hydrogen-bond acceptors (Lipinski definition) is 3. The van der Waals surface area contributed by atoms with Gasteiger partial charge >= 0.3 is 0 Å². The maximum atomic E-state index is 14.4. The van der Waals surface area contributed by atoms with Crippen molar-refractivity contribution < 1.29 is 9.13 Å². The van der Waals surface area contributed by atoms with E-state index in [1.165, 1.54) is 6.20 Å². The Bertz CT molecular complexity index is 1310. The van der Waals surface area contributed by atoms with Gasteiger partial charge in [-0.1, -0.05) is 48.5 Å². The van der Waals surface area contributed by atoms with Crippen molar-refractivity contribution in [1.29, 1.82) is 0 Å². The Kier molecular flexibility index (Phi) is 4.63. The average Bonchev–Trinajstić information content (AvgIpc) is 3.20. The van der Waals surface area contributed by atoms with E-state index in [4.69, 9.17) is 9.73 Å². The molecule has 31 heavy (non-hydrogen) atoms. The number of aliphatic imine (C=N–C) groups is 1. The second-order valence-corrected chi connectivity index (χ2v) is 7.66. The molecule has 0 bridgehead atoms. The van der Waals surface area contributed by atoms with Crippen LogP contribution in [0.4, 0.5) is 4.39 Å². The molecule has 0 aliphatic carbocycles. The molecule has 0 radical (unpaired) electrons. The van der Waals surface area contributed by atoms with Crippen LogP contribution in [-0.4, -0.2) is 18.3 Å². The van der Waals surface area contributed by atoms with E-state index in [0.717, 1.165) is 39.1 Å². The summed E-state index contributed by atoms with van der Waals surface area (Å²) in [4.78, 5) is 8.87. The van der Waals surface area contributed by atoms with E-state index in [0.29, 0.717) is 5.56 Å². The lowest BCUT2D eigenvalue weighted by molar-refractivity contribution is 0.411.